The molecule has 0 bridgehead atoms. The van der Waals surface area contributed by atoms with Crippen LogP contribution in [-0.2, 0) is 13.2 Å². The van der Waals surface area contributed by atoms with Crippen LogP contribution < -0.4 is 15.5 Å². The molecule has 1 aliphatic heterocycles. The molecular weight excluding hydrogens is 362 g/mol. The predicted molar refractivity (Wildman–Crippen MR) is 103 cm³/mol. The van der Waals surface area contributed by atoms with Crippen LogP contribution in [0.1, 0.15) is 12.6 Å². The molecule has 28 heavy (non-hydrogen) atoms. The van der Waals surface area contributed by atoms with Crippen molar-refractivity contribution in [3.8, 4) is 0 Å². The van der Waals surface area contributed by atoms with Gasteiger partial charge in [-0.15, -0.1) is 0 Å². The second kappa shape index (κ2) is 8.00. The molecule has 0 aromatic carbocycles. The fourth-order valence-electron chi connectivity index (χ4n) is 3.32. The zero-order valence-electron chi connectivity index (χ0n) is 15.6. The van der Waals surface area contributed by atoms with E-state index < -0.39 is 0 Å². The van der Waals surface area contributed by atoms with E-state index in [4.69, 9.17) is 9.97 Å². The smallest absolute Gasteiger partial charge is 0.228 e. The fraction of sp³-hybridized carbons (Fsp3) is 0.471. The van der Waals surface area contributed by atoms with Gasteiger partial charge in [-0.2, -0.15) is 10.1 Å². The first-order valence-electron chi connectivity index (χ1n) is 9.20. The van der Waals surface area contributed by atoms with Crippen molar-refractivity contribution in [1.82, 2.24) is 35.0 Å². The zero-order chi connectivity index (χ0) is 19.5. The van der Waals surface area contributed by atoms with Crippen molar-refractivity contribution >= 4 is 28.6 Å². The predicted octanol–water partition coefficient (Wildman–Crippen LogP) is -0.357. The largest absolute Gasteiger partial charge is 0.394 e. The number of fused-ring (bicyclic) bond motifs is 1. The van der Waals surface area contributed by atoms with Gasteiger partial charge in [0.15, 0.2) is 5.82 Å². The minimum atomic E-state index is -0.254. The Morgan fingerprint density at radius 1 is 1.32 bits per heavy atom. The number of anilines is 3. The molecule has 0 amide bonds. The van der Waals surface area contributed by atoms with Crippen LogP contribution in [0.25, 0.3) is 11.0 Å². The van der Waals surface area contributed by atoms with E-state index in [0.717, 1.165) is 19.6 Å². The van der Waals surface area contributed by atoms with Gasteiger partial charge in [0.05, 0.1) is 19.8 Å². The Balaban J connectivity index is 1.85. The average Bonchev–Trinajstić information content (AvgIpc) is 3.07. The SMILES string of the molecule is C[C@@H]1CN(c2nc(Nc3ccncn3)c3c(n2)c(CO)nn3CCO)CCN1. The number of hydrogen-bond donors (Lipinski definition) is 4. The lowest BCUT2D eigenvalue weighted by molar-refractivity contribution is 0.262. The van der Waals surface area contributed by atoms with E-state index in [1.165, 1.54) is 6.33 Å². The summed E-state index contributed by atoms with van der Waals surface area (Å²) < 4.78 is 1.61. The number of piperazine rings is 1. The van der Waals surface area contributed by atoms with Crippen molar-refractivity contribution < 1.29 is 10.2 Å². The Bertz CT molecular complexity index is 947. The Morgan fingerprint density at radius 3 is 2.93 bits per heavy atom. The Labute approximate surface area is 161 Å². The maximum atomic E-state index is 9.78. The van der Waals surface area contributed by atoms with Crippen molar-refractivity contribution in [2.45, 2.75) is 26.1 Å². The molecule has 148 valence electrons. The molecule has 4 rings (SSSR count). The average molecular weight is 385 g/mol. The molecule has 1 fully saturated rings. The molecule has 0 radical (unpaired) electrons. The van der Waals surface area contributed by atoms with Gasteiger partial charge in [0.1, 0.15) is 28.9 Å². The second-order valence-corrected chi connectivity index (χ2v) is 6.64. The highest BCUT2D eigenvalue weighted by Gasteiger charge is 2.23. The standard InChI is InChI=1S/C17H23N9O2/c1-11-8-25(5-4-19-11)17-22-14-12(9-28)24-26(6-7-27)15(14)16(23-17)21-13-2-3-18-10-20-13/h2-3,10-11,19,27-28H,4-9H2,1H3,(H,18,20,21,22,23)/t11-/m1/s1. The van der Waals surface area contributed by atoms with Gasteiger partial charge in [0.25, 0.3) is 0 Å². The normalized spacial score (nSPS) is 17.2. The third-order valence-corrected chi connectivity index (χ3v) is 4.59. The summed E-state index contributed by atoms with van der Waals surface area (Å²) in [5.41, 5.74) is 1.62. The minimum Gasteiger partial charge on any atom is -0.394 e. The zero-order valence-corrected chi connectivity index (χ0v) is 15.6. The quantitative estimate of drug-likeness (QED) is 0.445. The van der Waals surface area contributed by atoms with Crippen molar-refractivity contribution in [2.24, 2.45) is 0 Å². The van der Waals surface area contributed by atoms with Crippen molar-refractivity contribution in [3.63, 3.8) is 0 Å². The van der Waals surface area contributed by atoms with E-state index in [0.29, 0.717) is 40.4 Å². The summed E-state index contributed by atoms with van der Waals surface area (Å²) in [5, 5.41) is 30.2. The summed E-state index contributed by atoms with van der Waals surface area (Å²) in [6.07, 6.45) is 3.08. The lowest BCUT2D eigenvalue weighted by Gasteiger charge is -2.32. The summed E-state index contributed by atoms with van der Waals surface area (Å²) in [4.78, 5) is 19.7. The van der Waals surface area contributed by atoms with Crippen molar-refractivity contribution in [2.75, 3.05) is 36.5 Å². The van der Waals surface area contributed by atoms with Crippen LogP contribution >= 0.6 is 0 Å². The molecule has 1 saturated heterocycles. The second-order valence-electron chi connectivity index (χ2n) is 6.64. The number of rotatable bonds is 6. The van der Waals surface area contributed by atoms with Gasteiger partial charge in [-0.3, -0.25) is 4.68 Å². The van der Waals surface area contributed by atoms with E-state index in [2.05, 4.69) is 37.5 Å². The molecular formula is C17H23N9O2. The molecule has 1 aliphatic rings. The van der Waals surface area contributed by atoms with Crippen LogP contribution in [0.5, 0.6) is 0 Å². The summed E-state index contributed by atoms with van der Waals surface area (Å²) in [7, 11) is 0. The maximum absolute atomic E-state index is 9.78. The highest BCUT2D eigenvalue weighted by atomic mass is 16.3. The molecule has 11 nitrogen and oxygen atoms in total. The molecule has 4 N–H and O–H groups in total. The minimum absolute atomic E-state index is 0.0916. The van der Waals surface area contributed by atoms with Gasteiger partial charge in [0.2, 0.25) is 5.95 Å². The third kappa shape index (κ3) is 3.59. The molecule has 1 atom stereocenters. The number of aliphatic hydroxyl groups excluding tert-OH is 2. The number of nitrogens with one attached hydrogen (secondary N) is 2. The van der Waals surface area contributed by atoms with Crippen LogP contribution in [0.2, 0.25) is 0 Å². The van der Waals surface area contributed by atoms with Crippen molar-refractivity contribution in [3.05, 3.63) is 24.3 Å². The molecule has 0 unspecified atom stereocenters. The number of aliphatic hydroxyl groups is 2. The third-order valence-electron chi connectivity index (χ3n) is 4.59. The van der Waals surface area contributed by atoms with Gasteiger partial charge in [0, 0.05) is 31.9 Å². The van der Waals surface area contributed by atoms with E-state index in [1.807, 2.05) is 0 Å². The molecule has 3 aromatic rings. The highest BCUT2D eigenvalue weighted by Crippen LogP contribution is 2.28. The fourth-order valence-corrected chi connectivity index (χ4v) is 3.32. The molecule has 0 saturated carbocycles. The van der Waals surface area contributed by atoms with Crippen LogP contribution in [0.3, 0.4) is 0 Å². The first kappa shape index (κ1) is 18.5. The monoisotopic (exact) mass is 385 g/mol. The number of aromatic nitrogens is 6. The van der Waals surface area contributed by atoms with Gasteiger partial charge < -0.3 is 25.7 Å². The van der Waals surface area contributed by atoms with Gasteiger partial charge >= 0.3 is 0 Å². The van der Waals surface area contributed by atoms with Crippen LogP contribution in [0, 0.1) is 0 Å². The van der Waals surface area contributed by atoms with Crippen LogP contribution in [0.15, 0.2) is 18.6 Å². The number of nitrogens with zero attached hydrogens (tertiary/aromatic N) is 7. The van der Waals surface area contributed by atoms with E-state index >= 15 is 0 Å². The summed E-state index contributed by atoms with van der Waals surface area (Å²) in [5.74, 6) is 1.66. The maximum Gasteiger partial charge on any atom is 0.228 e. The summed E-state index contributed by atoms with van der Waals surface area (Å²) in [6, 6.07) is 2.06. The van der Waals surface area contributed by atoms with Gasteiger partial charge in [-0.05, 0) is 13.0 Å². The van der Waals surface area contributed by atoms with E-state index in [9.17, 15) is 10.2 Å². The van der Waals surface area contributed by atoms with Crippen LogP contribution in [0.4, 0.5) is 17.6 Å². The lowest BCUT2D eigenvalue weighted by Crippen LogP contribution is -2.49. The highest BCUT2D eigenvalue weighted by molar-refractivity contribution is 5.90. The topological polar surface area (TPSA) is 137 Å². The first-order chi connectivity index (χ1) is 13.7. The lowest BCUT2D eigenvalue weighted by atomic mass is 10.2. The van der Waals surface area contributed by atoms with E-state index in [-0.39, 0.29) is 19.8 Å². The molecule has 0 aliphatic carbocycles. The van der Waals surface area contributed by atoms with Gasteiger partial charge in [-0.1, -0.05) is 0 Å². The number of hydrogen-bond acceptors (Lipinski definition) is 10. The molecule has 11 heteroatoms. The summed E-state index contributed by atoms with van der Waals surface area (Å²) in [6.45, 7) is 4.43. The molecule has 0 spiro atoms. The Hall–Kier alpha value is -2.89. The van der Waals surface area contributed by atoms with Crippen molar-refractivity contribution in [1.29, 1.82) is 0 Å². The summed E-state index contributed by atoms with van der Waals surface area (Å²) >= 11 is 0. The molecule has 3 aromatic heterocycles. The van der Waals surface area contributed by atoms with Gasteiger partial charge in [-0.25, -0.2) is 15.0 Å². The Morgan fingerprint density at radius 2 is 2.21 bits per heavy atom. The first-order valence-corrected chi connectivity index (χ1v) is 9.20. The Kier molecular flexibility index (Phi) is 5.28. The molecule has 4 heterocycles. The van der Waals surface area contributed by atoms with Crippen LogP contribution in [-0.4, -0.2) is 72.2 Å². The van der Waals surface area contributed by atoms with E-state index in [1.54, 1.807) is 16.9 Å².